The van der Waals surface area contributed by atoms with Gasteiger partial charge in [0, 0.05) is 12.4 Å². The first-order valence-corrected chi connectivity index (χ1v) is 3.91. The van der Waals surface area contributed by atoms with Gasteiger partial charge in [-0.2, -0.15) is 5.10 Å². The first-order chi connectivity index (χ1) is 6.20. The Kier molecular flexibility index (Phi) is 1.55. The van der Waals surface area contributed by atoms with E-state index in [1.807, 2.05) is 18.2 Å². The monoisotopic (exact) mass is 175 g/mol. The second kappa shape index (κ2) is 2.58. The van der Waals surface area contributed by atoms with Crippen molar-refractivity contribution >= 4 is 16.6 Å². The van der Waals surface area contributed by atoms with Crippen LogP contribution in [-0.4, -0.2) is 9.78 Å². The van der Waals surface area contributed by atoms with Crippen molar-refractivity contribution in [2.45, 2.75) is 0 Å². The predicted octanol–water partition coefficient (Wildman–Crippen LogP) is 0.516. The lowest BCUT2D eigenvalue weighted by Gasteiger charge is -2.02. The minimum absolute atomic E-state index is 0.251. The predicted molar refractivity (Wildman–Crippen MR) is 51.4 cm³/mol. The molecule has 0 spiro atoms. The van der Waals surface area contributed by atoms with Crippen molar-refractivity contribution in [1.82, 2.24) is 9.78 Å². The number of fused-ring (bicyclic) bond motifs is 1. The van der Waals surface area contributed by atoms with E-state index in [1.54, 1.807) is 13.1 Å². The molecule has 1 aromatic heterocycles. The molecule has 13 heavy (non-hydrogen) atoms. The molecule has 0 amide bonds. The summed E-state index contributed by atoms with van der Waals surface area (Å²) in [4.78, 5) is 11.4. The maximum Gasteiger partial charge on any atom is 0.290 e. The molecule has 0 radical (unpaired) electrons. The molecule has 2 N–H and O–H groups in total. The minimum Gasteiger partial charge on any atom is -0.394 e. The van der Waals surface area contributed by atoms with E-state index in [2.05, 4.69) is 5.10 Å². The van der Waals surface area contributed by atoms with Crippen LogP contribution in [-0.2, 0) is 7.05 Å². The van der Waals surface area contributed by atoms with E-state index >= 15 is 0 Å². The number of nitrogen functional groups attached to an aromatic ring is 1. The summed E-state index contributed by atoms with van der Waals surface area (Å²) in [6, 6.07) is 7.31. The molecule has 1 aromatic carbocycles. The van der Waals surface area contributed by atoms with Gasteiger partial charge in [-0.05, 0) is 6.07 Å². The molecule has 0 saturated heterocycles. The molecule has 4 heteroatoms. The summed E-state index contributed by atoms with van der Waals surface area (Å²) in [6.07, 6.45) is 0. The number of aryl methyl sites for hydroxylation is 1. The summed E-state index contributed by atoms with van der Waals surface area (Å²) < 4.78 is 1.25. The third-order valence-corrected chi connectivity index (χ3v) is 1.98. The first-order valence-electron chi connectivity index (χ1n) is 3.91. The van der Waals surface area contributed by atoms with Crippen molar-refractivity contribution in [2.75, 3.05) is 5.73 Å². The highest BCUT2D eigenvalue weighted by molar-refractivity contribution is 5.88. The van der Waals surface area contributed by atoms with Gasteiger partial charge in [0.2, 0.25) is 0 Å². The van der Waals surface area contributed by atoms with Crippen LogP contribution in [0.25, 0.3) is 10.9 Å². The van der Waals surface area contributed by atoms with E-state index in [0.717, 1.165) is 5.52 Å². The van der Waals surface area contributed by atoms with Gasteiger partial charge in [0.15, 0.2) is 0 Å². The Morgan fingerprint density at radius 3 is 2.85 bits per heavy atom. The van der Waals surface area contributed by atoms with Gasteiger partial charge in [0.1, 0.15) is 5.69 Å². The van der Waals surface area contributed by atoms with E-state index < -0.39 is 0 Å². The summed E-state index contributed by atoms with van der Waals surface area (Å²) in [5.41, 5.74) is 6.39. The van der Waals surface area contributed by atoms with Crippen molar-refractivity contribution in [3.8, 4) is 0 Å². The van der Waals surface area contributed by atoms with Gasteiger partial charge in [-0.1, -0.05) is 18.2 Å². The Balaban J connectivity index is 3.02. The molecular formula is C9H9N3O. The Hall–Kier alpha value is -1.84. The molecule has 66 valence electrons. The average molecular weight is 175 g/mol. The largest absolute Gasteiger partial charge is 0.394 e. The zero-order chi connectivity index (χ0) is 9.42. The van der Waals surface area contributed by atoms with Crippen LogP contribution < -0.4 is 11.3 Å². The molecule has 0 fully saturated rings. The summed E-state index contributed by atoms with van der Waals surface area (Å²) in [5.74, 6) is 0. The Bertz CT molecular complexity index is 516. The van der Waals surface area contributed by atoms with Gasteiger partial charge in [-0.15, -0.1) is 0 Å². The molecular weight excluding hydrogens is 166 g/mol. The second-order valence-corrected chi connectivity index (χ2v) is 2.86. The molecule has 0 aliphatic heterocycles. The van der Waals surface area contributed by atoms with Crippen LogP contribution in [0.3, 0.4) is 0 Å². The van der Waals surface area contributed by atoms with Crippen LogP contribution in [0, 0.1) is 0 Å². The maximum atomic E-state index is 11.4. The second-order valence-electron chi connectivity index (χ2n) is 2.86. The van der Waals surface area contributed by atoms with Crippen molar-refractivity contribution in [3.05, 3.63) is 34.6 Å². The number of hydrogen-bond acceptors (Lipinski definition) is 3. The highest BCUT2D eigenvalue weighted by Crippen LogP contribution is 2.13. The van der Waals surface area contributed by atoms with Crippen LogP contribution in [0.5, 0.6) is 0 Å². The third-order valence-electron chi connectivity index (χ3n) is 1.98. The zero-order valence-electron chi connectivity index (χ0n) is 7.19. The minimum atomic E-state index is -0.251. The van der Waals surface area contributed by atoms with Crippen LogP contribution >= 0.6 is 0 Å². The number of nitrogens with zero attached hydrogens (tertiary/aromatic N) is 2. The molecule has 2 rings (SSSR count). The molecule has 4 nitrogen and oxygen atoms in total. The van der Waals surface area contributed by atoms with Crippen LogP contribution in [0.4, 0.5) is 5.69 Å². The summed E-state index contributed by atoms with van der Waals surface area (Å²) in [5, 5.41) is 4.77. The molecule has 1 heterocycles. The number of hydrogen-bond donors (Lipinski definition) is 1. The summed E-state index contributed by atoms with van der Waals surface area (Å²) in [7, 11) is 1.59. The maximum absolute atomic E-state index is 11.4. The van der Waals surface area contributed by atoms with Gasteiger partial charge >= 0.3 is 0 Å². The fourth-order valence-corrected chi connectivity index (χ4v) is 1.29. The molecule has 0 atom stereocenters. The fraction of sp³-hybridized carbons (Fsp3) is 0.111. The molecule has 0 bridgehead atoms. The van der Waals surface area contributed by atoms with Crippen LogP contribution in [0.1, 0.15) is 0 Å². The number of benzene rings is 1. The van der Waals surface area contributed by atoms with Gasteiger partial charge in [-0.3, -0.25) is 4.79 Å². The van der Waals surface area contributed by atoms with Gasteiger partial charge in [0.25, 0.3) is 5.56 Å². The van der Waals surface area contributed by atoms with E-state index in [9.17, 15) is 4.79 Å². The lowest BCUT2D eigenvalue weighted by Crippen LogP contribution is -2.22. The zero-order valence-corrected chi connectivity index (χ0v) is 7.19. The normalized spacial score (nSPS) is 10.5. The van der Waals surface area contributed by atoms with E-state index in [4.69, 9.17) is 5.73 Å². The van der Waals surface area contributed by atoms with Crippen molar-refractivity contribution in [3.63, 3.8) is 0 Å². The molecule has 0 unspecified atom stereocenters. The molecule has 0 aliphatic carbocycles. The summed E-state index contributed by atoms with van der Waals surface area (Å²) in [6.45, 7) is 0. The number of nitrogens with two attached hydrogens (primary N) is 1. The van der Waals surface area contributed by atoms with Gasteiger partial charge in [-0.25, -0.2) is 4.68 Å². The third kappa shape index (κ3) is 1.07. The smallest absolute Gasteiger partial charge is 0.290 e. The topological polar surface area (TPSA) is 60.9 Å². The number of aromatic nitrogens is 2. The van der Waals surface area contributed by atoms with Crippen molar-refractivity contribution in [2.24, 2.45) is 7.05 Å². The van der Waals surface area contributed by atoms with Gasteiger partial charge in [0.05, 0.1) is 5.52 Å². The van der Waals surface area contributed by atoms with Gasteiger partial charge < -0.3 is 5.73 Å². The van der Waals surface area contributed by atoms with Crippen molar-refractivity contribution in [1.29, 1.82) is 0 Å². The molecule has 0 saturated carbocycles. The van der Waals surface area contributed by atoms with Crippen molar-refractivity contribution < 1.29 is 0 Å². The Labute approximate surface area is 74.6 Å². The highest BCUT2D eigenvalue weighted by atomic mass is 16.1. The number of rotatable bonds is 0. The first kappa shape index (κ1) is 7.79. The lowest BCUT2D eigenvalue weighted by atomic mass is 10.2. The standard InChI is InChI=1S/C9H9N3O/c1-12-9(13)8(10)6-4-2-3-5-7(6)11-12/h2-5H,10H2,1H3. The Morgan fingerprint density at radius 1 is 1.38 bits per heavy atom. The molecule has 2 aromatic rings. The lowest BCUT2D eigenvalue weighted by molar-refractivity contribution is 0.729. The van der Waals surface area contributed by atoms with E-state index in [1.165, 1.54) is 4.68 Å². The Morgan fingerprint density at radius 2 is 2.08 bits per heavy atom. The van der Waals surface area contributed by atoms with E-state index in [0.29, 0.717) is 5.39 Å². The van der Waals surface area contributed by atoms with Crippen LogP contribution in [0.2, 0.25) is 0 Å². The quantitative estimate of drug-likeness (QED) is 0.634. The van der Waals surface area contributed by atoms with E-state index in [-0.39, 0.29) is 11.2 Å². The summed E-state index contributed by atoms with van der Waals surface area (Å²) >= 11 is 0. The number of anilines is 1. The average Bonchev–Trinajstić information content (AvgIpc) is 2.15. The highest BCUT2D eigenvalue weighted by Gasteiger charge is 2.04. The SMILES string of the molecule is Cn1nc2ccccc2c(N)c1=O. The fourth-order valence-electron chi connectivity index (χ4n) is 1.29. The van der Waals surface area contributed by atoms with Crippen LogP contribution in [0.15, 0.2) is 29.1 Å². The molecule has 0 aliphatic rings.